The fourth-order valence-electron chi connectivity index (χ4n) is 2.53. The van der Waals surface area contributed by atoms with Crippen LogP contribution in [-0.2, 0) is 27.6 Å². The molecule has 124 valence electrons. The van der Waals surface area contributed by atoms with Gasteiger partial charge < -0.3 is 4.74 Å². The van der Waals surface area contributed by atoms with Crippen LogP contribution in [0.15, 0.2) is 0 Å². The first-order valence-corrected chi connectivity index (χ1v) is 10.1. The number of carbonyl (C=O) groups excluding carboxylic acids is 1. The van der Waals surface area contributed by atoms with E-state index in [0.717, 1.165) is 48.8 Å². The van der Waals surface area contributed by atoms with Crippen LogP contribution in [0.25, 0.3) is 0 Å². The molecule has 7 heteroatoms. The number of anilines is 1. The fraction of sp³-hybridized carbons (Fsp3) is 0.667. The molecule has 2 rings (SSSR count). The van der Waals surface area contributed by atoms with Gasteiger partial charge in [0, 0.05) is 4.88 Å². The van der Waals surface area contributed by atoms with Crippen molar-refractivity contribution in [3.8, 4) is 0 Å². The molecule has 1 aromatic rings. The summed E-state index contributed by atoms with van der Waals surface area (Å²) >= 11 is 1.37. The van der Waals surface area contributed by atoms with E-state index in [-0.39, 0.29) is 0 Å². The average molecular weight is 345 g/mol. The van der Waals surface area contributed by atoms with Crippen molar-refractivity contribution >= 4 is 32.3 Å². The summed E-state index contributed by atoms with van der Waals surface area (Å²) in [5.41, 5.74) is 0.754. The molecule has 0 bridgehead atoms. The van der Waals surface area contributed by atoms with E-state index in [9.17, 15) is 13.2 Å². The minimum absolute atomic E-state index is 0.392. The largest absolute Gasteiger partial charge is 0.456 e. The third kappa shape index (κ3) is 4.46. The van der Waals surface area contributed by atoms with Gasteiger partial charge in [-0.1, -0.05) is 6.42 Å². The number of ether oxygens (including phenoxy) is 1. The van der Waals surface area contributed by atoms with E-state index in [0.29, 0.717) is 10.6 Å². The van der Waals surface area contributed by atoms with Crippen molar-refractivity contribution in [3.63, 3.8) is 0 Å². The van der Waals surface area contributed by atoms with Crippen LogP contribution < -0.4 is 4.72 Å². The standard InChI is InChI=1S/C15H23NO4S2/c1-15(2,3)20-14(17)12-10-8-6-5-7-9-11(10)21-13(12)16-22(4,18)19/h16H,5-9H2,1-4H3. The molecule has 0 atom stereocenters. The number of fused-ring (bicyclic) bond motifs is 1. The predicted octanol–water partition coefficient (Wildman–Crippen LogP) is 3.34. The maximum Gasteiger partial charge on any atom is 0.341 e. The van der Waals surface area contributed by atoms with Crippen LogP contribution in [0.5, 0.6) is 0 Å². The van der Waals surface area contributed by atoms with Gasteiger partial charge in [0.15, 0.2) is 0 Å². The molecule has 1 aliphatic rings. The van der Waals surface area contributed by atoms with Gasteiger partial charge in [-0.15, -0.1) is 11.3 Å². The molecular formula is C15H23NO4S2. The van der Waals surface area contributed by atoms with Crippen molar-refractivity contribution in [3.05, 3.63) is 16.0 Å². The molecule has 1 heterocycles. The van der Waals surface area contributed by atoms with Crippen LogP contribution in [-0.4, -0.2) is 26.2 Å². The van der Waals surface area contributed by atoms with E-state index in [1.165, 1.54) is 11.3 Å². The summed E-state index contributed by atoms with van der Waals surface area (Å²) in [6.07, 6.45) is 5.99. The summed E-state index contributed by atoms with van der Waals surface area (Å²) in [4.78, 5) is 13.7. The lowest BCUT2D eigenvalue weighted by Crippen LogP contribution is -2.25. The quantitative estimate of drug-likeness (QED) is 0.673. The van der Waals surface area contributed by atoms with Crippen LogP contribution >= 0.6 is 11.3 Å². The zero-order chi connectivity index (χ0) is 16.5. The average Bonchev–Trinajstić information content (AvgIpc) is 2.49. The van der Waals surface area contributed by atoms with Gasteiger partial charge in [0.25, 0.3) is 0 Å². The van der Waals surface area contributed by atoms with Crippen LogP contribution in [0.4, 0.5) is 5.00 Å². The van der Waals surface area contributed by atoms with Crippen molar-refractivity contribution in [1.29, 1.82) is 0 Å². The number of aryl methyl sites for hydroxylation is 1. The van der Waals surface area contributed by atoms with Crippen molar-refractivity contribution in [2.45, 2.75) is 58.5 Å². The molecule has 5 nitrogen and oxygen atoms in total. The number of nitrogens with one attached hydrogen (secondary N) is 1. The predicted molar refractivity (Wildman–Crippen MR) is 89.2 cm³/mol. The van der Waals surface area contributed by atoms with Gasteiger partial charge in [-0.25, -0.2) is 13.2 Å². The Morgan fingerprint density at radius 2 is 1.82 bits per heavy atom. The van der Waals surface area contributed by atoms with E-state index in [1.54, 1.807) is 20.8 Å². The second-order valence-corrected chi connectivity index (χ2v) is 9.50. The minimum Gasteiger partial charge on any atom is -0.456 e. The monoisotopic (exact) mass is 345 g/mol. The van der Waals surface area contributed by atoms with Crippen molar-refractivity contribution in [2.24, 2.45) is 0 Å². The molecule has 1 aliphatic carbocycles. The Labute approximate surface area is 136 Å². The van der Waals surface area contributed by atoms with Gasteiger partial charge in [-0.3, -0.25) is 4.72 Å². The molecule has 0 radical (unpaired) electrons. The zero-order valence-electron chi connectivity index (χ0n) is 13.5. The van der Waals surface area contributed by atoms with Crippen LogP contribution in [0.3, 0.4) is 0 Å². The van der Waals surface area contributed by atoms with Gasteiger partial charge in [-0.2, -0.15) is 0 Å². The third-order valence-electron chi connectivity index (χ3n) is 3.30. The highest BCUT2D eigenvalue weighted by Gasteiger charge is 2.29. The maximum atomic E-state index is 12.6. The number of sulfonamides is 1. The lowest BCUT2D eigenvalue weighted by Gasteiger charge is -2.20. The summed E-state index contributed by atoms with van der Waals surface area (Å²) < 4.78 is 31.1. The molecule has 0 fully saturated rings. The second-order valence-electron chi connectivity index (χ2n) is 6.64. The first kappa shape index (κ1) is 17.3. The van der Waals surface area contributed by atoms with Crippen LogP contribution in [0.1, 0.15) is 60.8 Å². The molecule has 22 heavy (non-hydrogen) atoms. The van der Waals surface area contributed by atoms with E-state index in [2.05, 4.69) is 4.72 Å². The van der Waals surface area contributed by atoms with Gasteiger partial charge in [0.1, 0.15) is 10.6 Å². The Morgan fingerprint density at radius 3 is 2.41 bits per heavy atom. The summed E-state index contributed by atoms with van der Waals surface area (Å²) in [5, 5.41) is 0.392. The summed E-state index contributed by atoms with van der Waals surface area (Å²) in [7, 11) is -3.43. The molecule has 1 N–H and O–H groups in total. The van der Waals surface area contributed by atoms with Crippen molar-refractivity contribution in [1.82, 2.24) is 0 Å². The number of esters is 1. The van der Waals surface area contributed by atoms with Crippen molar-refractivity contribution in [2.75, 3.05) is 11.0 Å². The fourth-order valence-corrected chi connectivity index (χ4v) is 4.72. The number of hydrogen-bond acceptors (Lipinski definition) is 5. The smallest absolute Gasteiger partial charge is 0.341 e. The molecule has 0 amide bonds. The van der Waals surface area contributed by atoms with E-state index in [4.69, 9.17) is 4.74 Å². The molecule has 0 spiro atoms. The van der Waals surface area contributed by atoms with Crippen molar-refractivity contribution < 1.29 is 17.9 Å². The Bertz CT molecular complexity index is 668. The van der Waals surface area contributed by atoms with E-state index < -0.39 is 21.6 Å². The normalized spacial score (nSPS) is 15.8. The lowest BCUT2D eigenvalue weighted by atomic mass is 10.1. The number of hydrogen-bond donors (Lipinski definition) is 1. The first-order valence-electron chi connectivity index (χ1n) is 7.42. The van der Waals surface area contributed by atoms with Gasteiger partial charge >= 0.3 is 5.97 Å². The second kappa shape index (κ2) is 6.20. The summed E-state index contributed by atoms with van der Waals surface area (Å²) in [6.45, 7) is 5.42. The maximum absolute atomic E-state index is 12.6. The summed E-state index contributed by atoms with van der Waals surface area (Å²) in [5.74, 6) is -0.446. The number of carbonyl (C=O) groups is 1. The van der Waals surface area contributed by atoms with Crippen LogP contribution in [0, 0.1) is 0 Å². The van der Waals surface area contributed by atoms with Crippen LogP contribution in [0.2, 0.25) is 0 Å². The molecule has 0 saturated heterocycles. The highest BCUT2D eigenvalue weighted by molar-refractivity contribution is 7.92. The number of rotatable bonds is 3. The highest BCUT2D eigenvalue weighted by atomic mass is 32.2. The Hall–Kier alpha value is -1.08. The van der Waals surface area contributed by atoms with Gasteiger partial charge in [0.05, 0.1) is 11.8 Å². The molecular weight excluding hydrogens is 322 g/mol. The van der Waals surface area contributed by atoms with E-state index in [1.807, 2.05) is 0 Å². The summed E-state index contributed by atoms with van der Waals surface area (Å²) in [6, 6.07) is 0. The first-order chi connectivity index (χ1) is 10.1. The molecule has 0 aromatic carbocycles. The third-order valence-corrected chi connectivity index (χ3v) is 5.21. The van der Waals surface area contributed by atoms with E-state index >= 15 is 0 Å². The Kier molecular flexibility index (Phi) is 4.87. The Morgan fingerprint density at radius 1 is 1.18 bits per heavy atom. The topological polar surface area (TPSA) is 72.5 Å². The SMILES string of the molecule is CC(C)(C)OC(=O)c1c(NS(C)(=O)=O)sc2c1CCCCC2. The van der Waals surface area contributed by atoms with Gasteiger partial charge in [0.2, 0.25) is 10.0 Å². The highest BCUT2D eigenvalue weighted by Crippen LogP contribution is 2.38. The molecule has 0 saturated carbocycles. The number of thiophene rings is 1. The zero-order valence-corrected chi connectivity index (χ0v) is 15.1. The Balaban J connectivity index is 2.47. The molecule has 0 unspecified atom stereocenters. The van der Waals surface area contributed by atoms with Gasteiger partial charge in [-0.05, 0) is 52.0 Å². The molecule has 1 aromatic heterocycles. The lowest BCUT2D eigenvalue weighted by molar-refractivity contribution is 0.00701. The molecule has 0 aliphatic heterocycles. The minimum atomic E-state index is -3.43.